The first-order chi connectivity index (χ1) is 9.33. The molecule has 3 atom stereocenters. The van der Waals surface area contributed by atoms with E-state index < -0.39 is 0 Å². The van der Waals surface area contributed by atoms with Crippen molar-refractivity contribution < 1.29 is 9.47 Å². The molecule has 1 aromatic carbocycles. The highest BCUT2D eigenvalue weighted by Crippen LogP contribution is 2.42. The molecule has 1 aromatic rings. The van der Waals surface area contributed by atoms with Crippen LogP contribution in [0.15, 0.2) is 18.2 Å². The third-order valence-electron chi connectivity index (χ3n) is 4.77. The van der Waals surface area contributed by atoms with Crippen LogP contribution in [0.4, 0.5) is 0 Å². The lowest BCUT2D eigenvalue weighted by molar-refractivity contribution is 0.307. The summed E-state index contributed by atoms with van der Waals surface area (Å²) >= 11 is 0. The van der Waals surface area contributed by atoms with Gasteiger partial charge in [0.1, 0.15) is 0 Å². The SMILES string of the molecule is COc1ccc([C@@H]2CN[C@@H]3CCCC[C@@H]32)cc1OC. The summed E-state index contributed by atoms with van der Waals surface area (Å²) in [7, 11) is 3.39. The first kappa shape index (κ1) is 12.8. The summed E-state index contributed by atoms with van der Waals surface area (Å²) in [4.78, 5) is 0. The topological polar surface area (TPSA) is 30.5 Å². The molecule has 1 aliphatic carbocycles. The first-order valence-corrected chi connectivity index (χ1v) is 7.29. The molecule has 1 aliphatic heterocycles. The molecule has 104 valence electrons. The fraction of sp³-hybridized carbons (Fsp3) is 0.625. The van der Waals surface area contributed by atoms with Crippen molar-refractivity contribution in [3.63, 3.8) is 0 Å². The maximum absolute atomic E-state index is 5.43. The second-order valence-electron chi connectivity index (χ2n) is 5.68. The fourth-order valence-corrected chi connectivity index (χ4v) is 3.77. The first-order valence-electron chi connectivity index (χ1n) is 7.29. The summed E-state index contributed by atoms with van der Waals surface area (Å²) in [6, 6.07) is 7.11. The predicted molar refractivity (Wildman–Crippen MR) is 76.0 cm³/mol. The number of ether oxygens (including phenoxy) is 2. The van der Waals surface area contributed by atoms with Gasteiger partial charge in [-0.25, -0.2) is 0 Å². The van der Waals surface area contributed by atoms with Crippen LogP contribution >= 0.6 is 0 Å². The van der Waals surface area contributed by atoms with Crippen LogP contribution < -0.4 is 14.8 Å². The molecule has 19 heavy (non-hydrogen) atoms. The van der Waals surface area contributed by atoms with Gasteiger partial charge in [-0.2, -0.15) is 0 Å². The van der Waals surface area contributed by atoms with Gasteiger partial charge in [-0.15, -0.1) is 0 Å². The van der Waals surface area contributed by atoms with Crippen molar-refractivity contribution in [3.8, 4) is 11.5 Å². The molecule has 3 nitrogen and oxygen atoms in total. The van der Waals surface area contributed by atoms with E-state index in [-0.39, 0.29) is 0 Å². The molecular weight excluding hydrogens is 238 g/mol. The zero-order valence-corrected chi connectivity index (χ0v) is 11.8. The minimum absolute atomic E-state index is 0.630. The van der Waals surface area contributed by atoms with Crippen molar-refractivity contribution in [2.45, 2.75) is 37.6 Å². The molecule has 3 heteroatoms. The second kappa shape index (κ2) is 5.41. The summed E-state index contributed by atoms with van der Waals surface area (Å²) < 4.78 is 10.7. The van der Waals surface area contributed by atoms with E-state index >= 15 is 0 Å². The number of nitrogens with one attached hydrogen (secondary N) is 1. The molecule has 1 N–H and O–H groups in total. The molecule has 0 amide bonds. The third-order valence-corrected chi connectivity index (χ3v) is 4.77. The molecule has 0 radical (unpaired) electrons. The molecule has 1 heterocycles. The molecule has 0 bridgehead atoms. The van der Waals surface area contributed by atoms with Gasteiger partial charge < -0.3 is 14.8 Å². The number of hydrogen-bond donors (Lipinski definition) is 1. The van der Waals surface area contributed by atoms with E-state index in [9.17, 15) is 0 Å². The lowest BCUT2D eigenvalue weighted by Gasteiger charge is -2.28. The third kappa shape index (κ3) is 2.32. The Morgan fingerprint density at radius 1 is 1.05 bits per heavy atom. The average Bonchev–Trinajstić information content (AvgIpc) is 2.90. The number of fused-ring (bicyclic) bond motifs is 1. The van der Waals surface area contributed by atoms with Crippen molar-refractivity contribution in [1.29, 1.82) is 0 Å². The molecule has 2 fully saturated rings. The van der Waals surface area contributed by atoms with Gasteiger partial charge in [0, 0.05) is 18.5 Å². The highest BCUT2D eigenvalue weighted by molar-refractivity contribution is 5.44. The van der Waals surface area contributed by atoms with Gasteiger partial charge in [0.25, 0.3) is 0 Å². The smallest absolute Gasteiger partial charge is 0.160 e. The van der Waals surface area contributed by atoms with E-state index in [1.54, 1.807) is 14.2 Å². The summed E-state index contributed by atoms with van der Waals surface area (Å²) in [5.74, 6) is 3.09. The Morgan fingerprint density at radius 2 is 1.84 bits per heavy atom. The lowest BCUT2D eigenvalue weighted by Crippen LogP contribution is -2.29. The molecule has 0 aromatic heterocycles. The quantitative estimate of drug-likeness (QED) is 0.907. The molecule has 0 unspecified atom stereocenters. The summed E-state index contributed by atoms with van der Waals surface area (Å²) in [5, 5.41) is 3.70. The van der Waals surface area contributed by atoms with Crippen molar-refractivity contribution in [3.05, 3.63) is 23.8 Å². The van der Waals surface area contributed by atoms with Crippen LogP contribution in [0.1, 0.15) is 37.2 Å². The van der Waals surface area contributed by atoms with E-state index in [1.165, 1.54) is 31.2 Å². The molecule has 1 saturated carbocycles. The molecule has 3 rings (SSSR count). The van der Waals surface area contributed by atoms with Crippen molar-refractivity contribution in [2.75, 3.05) is 20.8 Å². The molecule has 2 aliphatic rings. The van der Waals surface area contributed by atoms with Crippen LogP contribution in [0, 0.1) is 5.92 Å². The summed E-state index contributed by atoms with van der Waals surface area (Å²) in [6.45, 7) is 1.10. The van der Waals surface area contributed by atoms with Gasteiger partial charge in [0.05, 0.1) is 14.2 Å². The van der Waals surface area contributed by atoms with E-state index in [4.69, 9.17) is 9.47 Å². The van der Waals surface area contributed by atoms with Crippen LogP contribution in [0.25, 0.3) is 0 Å². The summed E-state index contributed by atoms with van der Waals surface area (Å²) in [6.07, 6.45) is 5.46. The maximum Gasteiger partial charge on any atom is 0.160 e. The maximum atomic E-state index is 5.43. The van der Waals surface area contributed by atoms with Crippen LogP contribution in [0.5, 0.6) is 11.5 Å². The molecular formula is C16H23NO2. The van der Waals surface area contributed by atoms with Crippen LogP contribution in [0.2, 0.25) is 0 Å². The van der Waals surface area contributed by atoms with E-state index in [0.29, 0.717) is 5.92 Å². The Morgan fingerprint density at radius 3 is 2.63 bits per heavy atom. The fourth-order valence-electron chi connectivity index (χ4n) is 3.77. The Balaban J connectivity index is 1.85. The molecule has 0 spiro atoms. The number of benzene rings is 1. The zero-order chi connectivity index (χ0) is 13.2. The minimum Gasteiger partial charge on any atom is -0.493 e. The van der Waals surface area contributed by atoms with Crippen LogP contribution in [0.3, 0.4) is 0 Å². The van der Waals surface area contributed by atoms with Gasteiger partial charge in [-0.05, 0) is 36.5 Å². The average molecular weight is 261 g/mol. The number of hydrogen-bond acceptors (Lipinski definition) is 3. The largest absolute Gasteiger partial charge is 0.493 e. The number of rotatable bonds is 3. The van der Waals surface area contributed by atoms with Crippen LogP contribution in [-0.2, 0) is 0 Å². The highest BCUT2D eigenvalue weighted by atomic mass is 16.5. The van der Waals surface area contributed by atoms with Gasteiger partial charge in [0.15, 0.2) is 11.5 Å². The van der Waals surface area contributed by atoms with E-state index in [1.807, 2.05) is 6.07 Å². The van der Waals surface area contributed by atoms with Crippen molar-refractivity contribution in [2.24, 2.45) is 5.92 Å². The van der Waals surface area contributed by atoms with E-state index in [0.717, 1.165) is 30.0 Å². The van der Waals surface area contributed by atoms with Crippen LogP contribution in [-0.4, -0.2) is 26.8 Å². The van der Waals surface area contributed by atoms with Gasteiger partial charge >= 0.3 is 0 Å². The standard InChI is InChI=1S/C16H23NO2/c1-18-15-8-7-11(9-16(15)19-2)13-10-17-14-6-4-3-5-12(13)14/h7-9,12-14,17H,3-6,10H2,1-2H3/t12-,13+,14-/m1/s1. The Kier molecular flexibility index (Phi) is 3.65. The van der Waals surface area contributed by atoms with Gasteiger partial charge in [-0.3, -0.25) is 0 Å². The Labute approximate surface area is 115 Å². The zero-order valence-electron chi connectivity index (χ0n) is 11.8. The Hall–Kier alpha value is -1.22. The monoisotopic (exact) mass is 261 g/mol. The van der Waals surface area contributed by atoms with Gasteiger partial charge in [-0.1, -0.05) is 18.9 Å². The predicted octanol–water partition coefficient (Wildman–Crippen LogP) is 2.95. The van der Waals surface area contributed by atoms with Crippen molar-refractivity contribution in [1.82, 2.24) is 5.32 Å². The number of methoxy groups -OCH3 is 2. The second-order valence-corrected chi connectivity index (χ2v) is 5.68. The van der Waals surface area contributed by atoms with Crippen molar-refractivity contribution >= 4 is 0 Å². The lowest BCUT2D eigenvalue weighted by atomic mass is 9.77. The Bertz CT molecular complexity index is 446. The summed E-state index contributed by atoms with van der Waals surface area (Å²) in [5.41, 5.74) is 1.39. The van der Waals surface area contributed by atoms with E-state index in [2.05, 4.69) is 17.4 Å². The van der Waals surface area contributed by atoms with Gasteiger partial charge in [0.2, 0.25) is 0 Å². The minimum atomic E-state index is 0.630. The molecule has 1 saturated heterocycles. The normalized spacial score (nSPS) is 29.9. The highest BCUT2D eigenvalue weighted by Gasteiger charge is 2.37.